The highest BCUT2D eigenvalue weighted by Gasteiger charge is 2.06. The summed E-state index contributed by atoms with van der Waals surface area (Å²) in [5, 5.41) is 11.5. The molecule has 4 nitrogen and oxygen atoms in total. The maximum Gasteiger partial charge on any atom is 0.212 e. The zero-order valence-electron chi connectivity index (χ0n) is 10.6. The van der Waals surface area contributed by atoms with Crippen molar-refractivity contribution in [2.45, 2.75) is 13.3 Å². The molecule has 4 heteroatoms. The van der Waals surface area contributed by atoms with Crippen LogP contribution >= 0.6 is 0 Å². The molecule has 0 aliphatic carbocycles. The lowest BCUT2D eigenvalue weighted by atomic mass is 10.0. The molecule has 1 heterocycles. The van der Waals surface area contributed by atoms with Crippen molar-refractivity contribution in [1.82, 2.24) is 4.98 Å². The van der Waals surface area contributed by atoms with Crippen LogP contribution in [-0.2, 0) is 11.2 Å². The summed E-state index contributed by atoms with van der Waals surface area (Å²) in [7, 11) is 0. The van der Waals surface area contributed by atoms with Gasteiger partial charge in [-0.15, -0.1) is 0 Å². The minimum atomic E-state index is 0.285. The zero-order valence-corrected chi connectivity index (χ0v) is 10.6. The molecule has 2 aromatic rings. The van der Waals surface area contributed by atoms with Crippen LogP contribution in [0.2, 0.25) is 0 Å². The lowest BCUT2D eigenvalue weighted by molar-refractivity contribution is -0.105. The van der Waals surface area contributed by atoms with Crippen molar-refractivity contribution < 1.29 is 4.79 Å². The minimum absolute atomic E-state index is 0.285. The monoisotopic (exact) mass is 251 g/mol. The van der Waals surface area contributed by atoms with E-state index in [1.165, 1.54) is 5.56 Å². The second-order valence-corrected chi connectivity index (χ2v) is 4.05. The fourth-order valence-electron chi connectivity index (χ4n) is 1.85. The van der Waals surface area contributed by atoms with E-state index in [0.29, 0.717) is 12.0 Å². The number of aryl methyl sites for hydroxylation is 1. The van der Waals surface area contributed by atoms with Gasteiger partial charge in [0.2, 0.25) is 6.41 Å². The van der Waals surface area contributed by atoms with Crippen LogP contribution in [0.25, 0.3) is 11.1 Å². The van der Waals surface area contributed by atoms with Gasteiger partial charge in [0.15, 0.2) is 0 Å². The number of anilines is 1. The van der Waals surface area contributed by atoms with Gasteiger partial charge >= 0.3 is 0 Å². The first kappa shape index (κ1) is 12.8. The van der Waals surface area contributed by atoms with E-state index in [9.17, 15) is 4.79 Å². The normalized spacial score (nSPS) is 9.68. The number of nitrogens with zero attached hydrogens (tertiary/aromatic N) is 2. The largest absolute Gasteiger partial charge is 0.312 e. The maximum absolute atomic E-state index is 10.4. The second-order valence-electron chi connectivity index (χ2n) is 4.05. The van der Waals surface area contributed by atoms with E-state index in [-0.39, 0.29) is 5.82 Å². The Morgan fingerprint density at radius 3 is 2.89 bits per heavy atom. The van der Waals surface area contributed by atoms with Gasteiger partial charge in [0.25, 0.3) is 0 Å². The summed E-state index contributed by atoms with van der Waals surface area (Å²) in [5.41, 5.74) is 3.46. The third-order valence-electron chi connectivity index (χ3n) is 2.87. The molecule has 1 aromatic carbocycles. The molecule has 0 atom stereocenters. The van der Waals surface area contributed by atoms with Gasteiger partial charge < -0.3 is 5.32 Å². The van der Waals surface area contributed by atoms with Gasteiger partial charge in [-0.25, -0.2) is 4.98 Å². The van der Waals surface area contributed by atoms with Crippen molar-refractivity contribution in [3.05, 3.63) is 47.7 Å². The van der Waals surface area contributed by atoms with Crippen LogP contribution in [-0.4, -0.2) is 11.4 Å². The standard InChI is InChI=1S/C15H13N3O/c1-2-11-4-3-5-12(6-11)14-7-13(8-16)15(17-9-14)18-10-19/h3-7,9-10H,2H2,1H3,(H,17,18,19). The van der Waals surface area contributed by atoms with E-state index in [1.54, 1.807) is 12.3 Å². The van der Waals surface area contributed by atoms with Crippen molar-refractivity contribution in [3.63, 3.8) is 0 Å². The number of carbonyl (C=O) groups excluding carboxylic acids is 1. The second kappa shape index (κ2) is 5.78. The fraction of sp³-hybridized carbons (Fsp3) is 0.133. The Labute approximate surface area is 111 Å². The van der Waals surface area contributed by atoms with Crippen LogP contribution in [0.3, 0.4) is 0 Å². The van der Waals surface area contributed by atoms with E-state index < -0.39 is 0 Å². The van der Waals surface area contributed by atoms with E-state index in [2.05, 4.69) is 29.4 Å². The van der Waals surface area contributed by atoms with Crippen molar-refractivity contribution >= 4 is 12.2 Å². The van der Waals surface area contributed by atoms with E-state index in [1.807, 2.05) is 18.2 Å². The van der Waals surface area contributed by atoms with Gasteiger partial charge in [0.05, 0.1) is 5.56 Å². The van der Waals surface area contributed by atoms with Crippen molar-refractivity contribution in [2.24, 2.45) is 0 Å². The van der Waals surface area contributed by atoms with Gasteiger partial charge in [-0.2, -0.15) is 5.26 Å². The third kappa shape index (κ3) is 2.78. The molecule has 1 amide bonds. The zero-order chi connectivity index (χ0) is 13.7. The Morgan fingerprint density at radius 1 is 1.37 bits per heavy atom. The summed E-state index contributed by atoms with van der Waals surface area (Å²) >= 11 is 0. The van der Waals surface area contributed by atoms with Crippen LogP contribution in [0.1, 0.15) is 18.1 Å². The smallest absolute Gasteiger partial charge is 0.212 e. The van der Waals surface area contributed by atoms with Gasteiger partial charge in [-0.1, -0.05) is 31.2 Å². The summed E-state index contributed by atoms with van der Waals surface area (Å²) in [4.78, 5) is 14.5. The van der Waals surface area contributed by atoms with Gasteiger partial charge in [0, 0.05) is 11.8 Å². The Bertz CT molecular complexity index is 644. The molecule has 0 fully saturated rings. The van der Waals surface area contributed by atoms with Crippen molar-refractivity contribution in [3.8, 4) is 17.2 Å². The highest BCUT2D eigenvalue weighted by molar-refractivity contribution is 5.75. The number of benzene rings is 1. The van der Waals surface area contributed by atoms with Crippen LogP contribution < -0.4 is 5.32 Å². The Morgan fingerprint density at radius 2 is 2.21 bits per heavy atom. The number of rotatable bonds is 4. The molecule has 0 unspecified atom stereocenters. The molecule has 0 saturated carbocycles. The van der Waals surface area contributed by atoms with E-state index in [0.717, 1.165) is 17.5 Å². The van der Waals surface area contributed by atoms with Crippen LogP contribution in [0, 0.1) is 11.3 Å². The SMILES string of the molecule is CCc1cccc(-c2cnc(NC=O)c(C#N)c2)c1. The molecule has 0 bridgehead atoms. The average molecular weight is 251 g/mol. The van der Waals surface area contributed by atoms with E-state index >= 15 is 0 Å². The minimum Gasteiger partial charge on any atom is -0.312 e. The number of carbonyl (C=O) groups is 1. The van der Waals surface area contributed by atoms with Gasteiger partial charge in [-0.05, 0) is 23.6 Å². The number of hydrogen-bond donors (Lipinski definition) is 1. The summed E-state index contributed by atoms with van der Waals surface area (Å²) < 4.78 is 0. The molecule has 0 spiro atoms. The number of amides is 1. The van der Waals surface area contributed by atoms with Crippen LogP contribution in [0.4, 0.5) is 5.82 Å². The first-order valence-electron chi connectivity index (χ1n) is 5.98. The Hall–Kier alpha value is -2.67. The molecule has 1 N–H and O–H groups in total. The van der Waals surface area contributed by atoms with Crippen LogP contribution in [0.15, 0.2) is 36.5 Å². The number of pyridine rings is 1. The molecular formula is C15H13N3O. The average Bonchev–Trinajstić information content (AvgIpc) is 2.48. The van der Waals surface area contributed by atoms with Crippen LogP contribution in [0.5, 0.6) is 0 Å². The maximum atomic E-state index is 10.4. The molecule has 0 aliphatic heterocycles. The fourth-order valence-corrected chi connectivity index (χ4v) is 1.85. The number of nitrogens with one attached hydrogen (secondary N) is 1. The summed E-state index contributed by atoms with van der Waals surface area (Å²) in [6.45, 7) is 2.09. The first-order valence-corrected chi connectivity index (χ1v) is 5.98. The molecule has 0 radical (unpaired) electrons. The molecule has 19 heavy (non-hydrogen) atoms. The van der Waals surface area contributed by atoms with Crippen molar-refractivity contribution in [2.75, 3.05) is 5.32 Å². The summed E-state index contributed by atoms with van der Waals surface area (Å²) in [6, 6.07) is 11.9. The highest BCUT2D eigenvalue weighted by atomic mass is 16.1. The lowest BCUT2D eigenvalue weighted by Gasteiger charge is -2.06. The van der Waals surface area contributed by atoms with Gasteiger partial charge in [0.1, 0.15) is 11.9 Å². The topological polar surface area (TPSA) is 65.8 Å². The molecule has 0 aliphatic rings. The number of aromatic nitrogens is 1. The summed E-state index contributed by atoms with van der Waals surface area (Å²) in [5.74, 6) is 0.285. The predicted octanol–water partition coefficient (Wildman–Crippen LogP) is 2.75. The quantitative estimate of drug-likeness (QED) is 0.850. The Balaban J connectivity index is 2.45. The van der Waals surface area contributed by atoms with E-state index in [4.69, 9.17) is 5.26 Å². The van der Waals surface area contributed by atoms with Gasteiger partial charge in [-0.3, -0.25) is 4.79 Å². The van der Waals surface area contributed by atoms with Crippen molar-refractivity contribution in [1.29, 1.82) is 5.26 Å². The molecule has 1 aromatic heterocycles. The lowest BCUT2D eigenvalue weighted by Crippen LogP contribution is -2.00. The number of nitriles is 1. The number of hydrogen-bond acceptors (Lipinski definition) is 3. The Kier molecular flexibility index (Phi) is 3.89. The molecule has 2 rings (SSSR count). The third-order valence-corrected chi connectivity index (χ3v) is 2.87. The summed E-state index contributed by atoms with van der Waals surface area (Å²) in [6.07, 6.45) is 3.12. The predicted molar refractivity (Wildman–Crippen MR) is 73.5 cm³/mol. The first-order chi connectivity index (χ1) is 9.28. The molecule has 94 valence electrons. The highest BCUT2D eigenvalue weighted by Crippen LogP contribution is 2.23. The molecular weight excluding hydrogens is 238 g/mol. The molecule has 0 saturated heterocycles.